The van der Waals surface area contributed by atoms with Crippen LogP contribution in [0.3, 0.4) is 0 Å². The molecule has 0 N–H and O–H groups in total. The summed E-state index contributed by atoms with van der Waals surface area (Å²) in [6, 6.07) is 34.9. The van der Waals surface area contributed by atoms with Crippen molar-refractivity contribution in [1.82, 2.24) is 14.1 Å². The molecule has 8 heteroatoms. The van der Waals surface area contributed by atoms with Crippen molar-refractivity contribution < 1.29 is 17.9 Å². The molecule has 1 amide bonds. The molecule has 0 radical (unpaired) electrons. The normalized spacial score (nSPS) is 20.7. The van der Waals surface area contributed by atoms with Gasteiger partial charge in [0.25, 0.3) is 0 Å². The smallest absolute Gasteiger partial charge is 0.410 e. The van der Waals surface area contributed by atoms with Crippen molar-refractivity contribution in [2.45, 2.75) is 63.6 Å². The lowest BCUT2D eigenvalue weighted by Crippen LogP contribution is -2.48. The first-order valence-corrected chi connectivity index (χ1v) is 19.1. The Morgan fingerprint density at radius 2 is 1.50 bits per heavy atom. The largest absolute Gasteiger partial charge is 0.445 e. The summed E-state index contributed by atoms with van der Waals surface area (Å²) in [6.07, 6.45) is 3.73. The van der Waals surface area contributed by atoms with E-state index in [2.05, 4.69) is 47.4 Å². The number of piperidine rings is 1. The molecule has 1 heterocycles. The van der Waals surface area contributed by atoms with Crippen LogP contribution in [0.4, 0.5) is 4.79 Å². The second-order valence-corrected chi connectivity index (χ2v) is 15.6. The highest BCUT2D eigenvalue weighted by Crippen LogP contribution is 2.43. The fourth-order valence-electron chi connectivity index (χ4n) is 7.91. The Balaban J connectivity index is 1.07. The van der Waals surface area contributed by atoms with Gasteiger partial charge in [-0.15, -0.1) is 0 Å². The van der Waals surface area contributed by atoms with Gasteiger partial charge in [0.15, 0.2) is 0 Å². The first-order valence-electron chi connectivity index (χ1n) is 17.5. The zero-order chi connectivity index (χ0) is 33.5. The first kappa shape index (κ1) is 34.2. The van der Waals surface area contributed by atoms with Gasteiger partial charge in [-0.1, -0.05) is 103 Å². The molecule has 4 aromatic rings. The Kier molecular flexibility index (Phi) is 11.1. The first-order chi connectivity index (χ1) is 23.3. The van der Waals surface area contributed by atoms with Gasteiger partial charge < -0.3 is 14.5 Å². The van der Waals surface area contributed by atoms with Crippen LogP contribution in [-0.2, 0) is 27.8 Å². The second kappa shape index (κ2) is 15.7. The van der Waals surface area contributed by atoms with Gasteiger partial charge in [-0.05, 0) is 78.3 Å². The molecule has 1 aliphatic heterocycles. The number of rotatable bonds is 12. The number of ether oxygens (including phenoxy) is 1. The molecule has 4 aromatic carbocycles. The zero-order valence-electron chi connectivity index (χ0n) is 28.3. The van der Waals surface area contributed by atoms with Crippen molar-refractivity contribution in [2.75, 3.05) is 39.0 Å². The van der Waals surface area contributed by atoms with Gasteiger partial charge in [-0.3, -0.25) is 0 Å². The van der Waals surface area contributed by atoms with Gasteiger partial charge in [-0.25, -0.2) is 17.5 Å². The van der Waals surface area contributed by atoms with Crippen molar-refractivity contribution in [3.05, 3.63) is 120 Å². The van der Waals surface area contributed by atoms with Crippen LogP contribution in [0, 0.1) is 5.92 Å². The van der Waals surface area contributed by atoms with Gasteiger partial charge in [0, 0.05) is 45.3 Å². The average Bonchev–Trinajstić information content (AvgIpc) is 3.54. The van der Waals surface area contributed by atoms with E-state index in [-0.39, 0.29) is 30.5 Å². The number of carbonyl (C=O) groups excluding carboxylic acids is 1. The second-order valence-electron chi connectivity index (χ2n) is 13.5. The third kappa shape index (κ3) is 8.11. The molecule has 0 bridgehead atoms. The van der Waals surface area contributed by atoms with E-state index in [9.17, 15) is 13.2 Å². The molecule has 2 fully saturated rings. The van der Waals surface area contributed by atoms with Crippen LogP contribution in [0.15, 0.2) is 103 Å². The van der Waals surface area contributed by atoms with Crippen LogP contribution in [-0.4, -0.2) is 79.7 Å². The van der Waals surface area contributed by atoms with Crippen molar-refractivity contribution >= 4 is 26.9 Å². The predicted octanol–water partition coefficient (Wildman–Crippen LogP) is 7.33. The Labute approximate surface area is 286 Å². The van der Waals surface area contributed by atoms with E-state index < -0.39 is 10.0 Å². The van der Waals surface area contributed by atoms with Crippen LogP contribution in [0.2, 0.25) is 0 Å². The number of nitrogens with zero attached hydrogens (tertiary/aromatic N) is 3. The van der Waals surface area contributed by atoms with Crippen LogP contribution < -0.4 is 0 Å². The summed E-state index contributed by atoms with van der Waals surface area (Å²) in [4.78, 5) is 17.4. The third-order valence-electron chi connectivity index (χ3n) is 10.6. The van der Waals surface area contributed by atoms with E-state index in [0.717, 1.165) is 67.2 Å². The number of benzene rings is 4. The molecular formula is C40H49N3O4S. The van der Waals surface area contributed by atoms with Crippen LogP contribution >= 0.6 is 0 Å². The van der Waals surface area contributed by atoms with Crippen molar-refractivity contribution in [2.24, 2.45) is 5.92 Å². The fraction of sp³-hybridized carbons (Fsp3) is 0.425. The number of fused-ring (bicyclic) bond motifs is 1. The topological polar surface area (TPSA) is 70.2 Å². The molecule has 7 nitrogen and oxygen atoms in total. The lowest BCUT2D eigenvalue weighted by molar-refractivity contribution is 0.0601. The Bertz CT molecular complexity index is 1740. The molecule has 3 atom stereocenters. The van der Waals surface area contributed by atoms with Gasteiger partial charge in [0.2, 0.25) is 10.0 Å². The molecule has 1 unspecified atom stereocenters. The summed E-state index contributed by atoms with van der Waals surface area (Å²) < 4.78 is 34.9. The van der Waals surface area contributed by atoms with Gasteiger partial charge in [0.1, 0.15) is 6.61 Å². The maximum Gasteiger partial charge on any atom is 0.410 e. The molecule has 6 rings (SSSR count). The summed E-state index contributed by atoms with van der Waals surface area (Å²) >= 11 is 0. The minimum absolute atomic E-state index is 0.0368. The number of sulfonamides is 1. The minimum atomic E-state index is -3.45. The number of aryl methyl sites for hydroxylation is 1. The average molecular weight is 668 g/mol. The highest BCUT2D eigenvalue weighted by atomic mass is 32.2. The SMILES string of the molecule is CCN(C(=O)OCc1ccccc1)C1CCN(C[C@H]2CC(N(C)S(=O)(=O)CCc3cccc4ccccc34)C[C@@H]2c2ccccc2)CC1. The highest BCUT2D eigenvalue weighted by molar-refractivity contribution is 7.89. The van der Waals surface area contributed by atoms with Gasteiger partial charge in [-0.2, -0.15) is 0 Å². The monoisotopic (exact) mass is 667 g/mol. The lowest BCUT2D eigenvalue weighted by Gasteiger charge is -2.39. The van der Waals surface area contributed by atoms with Gasteiger partial charge in [0.05, 0.1) is 5.75 Å². The molecule has 48 heavy (non-hydrogen) atoms. The van der Waals surface area contributed by atoms with E-state index in [1.165, 1.54) is 5.56 Å². The van der Waals surface area contributed by atoms with E-state index in [1.54, 1.807) is 11.4 Å². The molecule has 1 saturated heterocycles. The van der Waals surface area contributed by atoms with Crippen LogP contribution in [0.25, 0.3) is 10.8 Å². The van der Waals surface area contributed by atoms with Crippen molar-refractivity contribution in [1.29, 1.82) is 0 Å². The molecular weight excluding hydrogens is 619 g/mol. The standard InChI is InChI=1S/C40H49N3O4S/c1-3-43(40(44)47-30-31-13-6-4-7-14-31)36-21-24-42(25-22-36)29-35-27-37(28-39(35)33-15-8-5-9-16-33)41(2)48(45,46)26-23-34-19-12-18-32-17-10-11-20-38(32)34/h4-20,35-37,39H,3,21-30H2,1-2H3/t35-,37?,39-/m1/s1. The minimum Gasteiger partial charge on any atom is -0.445 e. The molecule has 0 aromatic heterocycles. The molecule has 1 saturated carbocycles. The summed E-state index contributed by atoms with van der Waals surface area (Å²) in [6.45, 7) is 5.68. The van der Waals surface area contributed by atoms with E-state index in [0.29, 0.717) is 24.8 Å². The summed E-state index contributed by atoms with van der Waals surface area (Å²) in [7, 11) is -1.67. The lowest BCUT2D eigenvalue weighted by atomic mass is 9.88. The number of likely N-dealkylation sites (tertiary alicyclic amines) is 1. The Morgan fingerprint density at radius 3 is 2.23 bits per heavy atom. The van der Waals surface area contributed by atoms with E-state index in [1.807, 2.05) is 72.5 Å². The molecule has 2 aliphatic rings. The van der Waals surface area contributed by atoms with Crippen molar-refractivity contribution in [3.63, 3.8) is 0 Å². The Morgan fingerprint density at radius 1 is 0.833 bits per heavy atom. The molecule has 0 spiro atoms. The Hall–Kier alpha value is -3.72. The number of amides is 1. The quantitative estimate of drug-likeness (QED) is 0.158. The summed E-state index contributed by atoms with van der Waals surface area (Å²) in [5.74, 6) is 0.747. The third-order valence-corrected chi connectivity index (χ3v) is 12.5. The number of hydrogen-bond donors (Lipinski definition) is 0. The summed E-state index contributed by atoms with van der Waals surface area (Å²) in [5, 5.41) is 2.26. The highest BCUT2D eigenvalue weighted by Gasteiger charge is 2.41. The number of carbonyl (C=O) groups is 1. The van der Waals surface area contributed by atoms with Crippen LogP contribution in [0.1, 0.15) is 55.2 Å². The van der Waals surface area contributed by atoms with Crippen molar-refractivity contribution in [3.8, 4) is 0 Å². The summed E-state index contributed by atoms with van der Waals surface area (Å²) in [5.41, 5.74) is 3.36. The molecule has 1 aliphatic carbocycles. The van der Waals surface area contributed by atoms with E-state index in [4.69, 9.17) is 4.74 Å². The fourth-order valence-corrected chi connectivity index (χ4v) is 9.30. The van der Waals surface area contributed by atoms with Gasteiger partial charge >= 0.3 is 6.09 Å². The molecule has 254 valence electrons. The zero-order valence-corrected chi connectivity index (χ0v) is 29.1. The predicted molar refractivity (Wildman–Crippen MR) is 193 cm³/mol. The van der Waals surface area contributed by atoms with E-state index >= 15 is 0 Å². The maximum atomic E-state index is 13.8. The van der Waals surface area contributed by atoms with Crippen LogP contribution in [0.5, 0.6) is 0 Å². The maximum absolute atomic E-state index is 13.8. The number of hydrogen-bond acceptors (Lipinski definition) is 5.